The molecule has 0 fully saturated rings. The maximum Gasteiger partial charge on any atom is 0.332 e. The van der Waals surface area contributed by atoms with E-state index >= 15 is 0 Å². The van der Waals surface area contributed by atoms with E-state index in [9.17, 15) is 4.79 Å². The highest BCUT2D eigenvalue weighted by molar-refractivity contribution is 5.71. The summed E-state index contributed by atoms with van der Waals surface area (Å²) in [6.07, 6.45) is 0.00630. The Hall–Kier alpha value is -0.830. The van der Waals surface area contributed by atoms with Crippen molar-refractivity contribution < 1.29 is 14.6 Å². The number of ether oxygens (including phenoxy) is 1. The Morgan fingerprint density at radius 3 is 2.64 bits per heavy atom. The van der Waals surface area contributed by atoms with Crippen LogP contribution >= 0.6 is 0 Å². The Labute approximate surface area is 66.7 Å². The van der Waals surface area contributed by atoms with E-state index in [4.69, 9.17) is 9.84 Å². The normalized spacial score (nSPS) is 12.5. The molecule has 1 atom stereocenters. The third kappa shape index (κ3) is 5.61. The SMILES string of the molecule is C=C(C)CCO[C@H](C)C(=O)O. The molecule has 3 heteroatoms. The van der Waals surface area contributed by atoms with Crippen LogP contribution in [0.15, 0.2) is 12.2 Å². The molecule has 0 bridgehead atoms. The summed E-state index contributed by atoms with van der Waals surface area (Å²) in [6.45, 7) is 7.50. The molecule has 0 unspecified atom stereocenters. The summed E-state index contributed by atoms with van der Waals surface area (Å²) >= 11 is 0. The van der Waals surface area contributed by atoms with Crippen LogP contribution < -0.4 is 0 Å². The predicted octanol–water partition coefficient (Wildman–Crippen LogP) is 1.44. The van der Waals surface area contributed by atoms with Crippen LogP contribution in [-0.2, 0) is 9.53 Å². The van der Waals surface area contributed by atoms with Crippen molar-refractivity contribution in [3.63, 3.8) is 0 Å². The highest BCUT2D eigenvalue weighted by atomic mass is 16.5. The van der Waals surface area contributed by atoms with Gasteiger partial charge in [-0.1, -0.05) is 5.57 Å². The Morgan fingerprint density at radius 1 is 1.73 bits per heavy atom. The molecule has 0 saturated heterocycles. The Morgan fingerprint density at radius 2 is 2.27 bits per heavy atom. The number of rotatable bonds is 5. The average Bonchev–Trinajstić information content (AvgIpc) is 1.86. The third-order valence-corrected chi connectivity index (χ3v) is 1.24. The van der Waals surface area contributed by atoms with Crippen molar-refractivity contribution in [1.29, 1.82) is 0 Å². The topological polar surface area (TPSA) is 46.5 Å². The molecular weight excluding hydrogens is 144 g/mol. The molecule has 0 spiro atoms. The molecule has 0 aliphatic rings. The number of aliphatic carboxylic acids is 1. The molecule has 0 aliphatic heterocycles. The molecule has 0 rings (SSSR count). The van der Waals surface area contributed by atoms with Crippen molar-refractivity contribution in [2.24, 2.45) is 0 Å². The molecule has 0 radical (unpaired) electrons. The van der Waals surface area contributed by atoms with Crippen LogP contribution in [0, 0.1) is 0 Å². The third-order valence-electron chi connectivity index (χ3n) is 1.24. The van der Waals surface area contributed by atoms with Gasteiger partial charge in [0.2, 0.25) is 0 Å². The Kier molecular flexibility index (Phi) is 4.54. The molecule has 64 valence electrons. The molecule has 0 aliphatic carbocycles. The zero-order valence-corrected chi connectivity index (χ0v) is 6.96. The van der Waals surface area contributed by atoms with Crippen molar-refractivity contribution in [2.45, 2.75) is 26.4 Å². The van der Waals surface area contributed by atoms with Crippen LogP contribution in [0.3, 0.4) is 0 Å². The molecule has 0 amide bonds. The van der Waals surface area contributed by atoms with Gasteiger partial charge < -0.3 is 9.84 Å². The van der Waals surface area contributed by atoms with Crippen molar-refractivity contribution in [3.05, 3.63) is 12.2 Å². The van der Waals surface area contributed by atoms with E-state index in [-0.39, 0.29) is 0 Å². The first-order valence-electron chi connectivity index (χ1n) is 3.53. The predicted molar refractivity (Wildman–Crippen MR) is 42.5 cm³/mol. The summed E-state index contributed by atoms with van der Waals surface area (Å²) in [4.78, 5) is 10.2. The minimum Gasteiger partial charge on any atom is -0.479 e. The largest absolute Gasteiger partial charge is 0.479 e. The number of carbonyl (C=O) groups is 1. The van der Waals surface area contributed by atoms with Gasteiger partial charge in [-0.2, -0.15) is 0 Å². The minimum absolute atomic E-state index is 0.433. The van der Waals surface area contributed by atoms with Gasteiger partial charge in [-0.25, -0.2) is 4.79 Å². The van der Waals surface area contributed by atoms with Crippen LogP contribution in [0.2, 0.25) is 0 Å². The van der Waals surface area contributed by atoms with E-state index in [1.54, 1.807) is 0 Å². The lowest BCUT2D eigenvalue weighted by Crippen LogP contribution is -2.20. The second-order valence-corrected chi connectivity index (χ2v) is 2.56. The van der Waals surface area contributed by atoms with Crippen molar-refractivity contribution in [3.8, 4) is 0 Å². The molecule has 1 N–H and O–H groups in total. The minimum atomic E-state index is -0.924. The lowest BCUT2D eigenvalue weighted by Gasteiger charge is -2.07. The van der Waals surface area contributed by atoms with Crippen LogP contribution in [0.25, 0.3) is 0 Å². The molecule has 3 nitrogen and oxygen atoms in total. The monoisotopic (exact) mass is 158 g/mol. The van der Waals surface area contributed by atoms with E-state index in [0.29, 0.717) is 6.61 Å². The fourth-order valence-corrected chi connectivity index (χ4v) is 0.481. The van der Waals surface area contributed by atoms with Crippen molar-refractivity contribution >= 4 is 5.97 Å². The van der Waals surface area contributed by atoms with Crippen LogP contribution in [0.5, 0.6) is 0 Å². The first-order chi connectivity index (χ1) is 5.04. The fraction of sp³-hybridized carbons (Fsp3) is 0.625. The average molecular weight is 158 g/mol. The first-order valence-corrected chi connectivity index (χ1v) is 3.53. The maximum atomic E-state index is 10.2. The summed E-state index contributed by atoms with van der Waals surface area (Å²) in [7, 11) is 0. The van der Waals surface area contributed by atoms with Gasteiger partial charge in [0.25, 0.3) is 0 Å². The van der Waals surface area contributed by atoms with E-state index in [1.165, 1.54) is 6.92 Å². The summed E-state index contributed by atoms with van der Waals surface area (Å²) in [5.41, 5.74) is 1.00. The molecule has 0 saturated carbocycles. The van der Waals surface area contributed by atoms with Crippen LogP contribution in [-0.4, -0.2) is 23.8 Å². The van der Waals surface area contributed by atoms with Gasteiger partial charge in [-0.05, 0) is 20.3 Å². The fourth-order valence-electron chi connectivity index (χ4n) is 0.481. The molecule has 0 aromatic heterocycles. The number of carboxylic acids is 1. The molecule has 0 heterocycles. The van der Waals surface area contributed by atoms with E-state index in [0.717, 1.165) is 12.0 Å². The van der Waals surface area contributed by atoms with Crippen LogP contribution in [0.4, 0.5) is 0 Å². The van der Waals surface area contributed by atoms with Crippen molar-refractivity contribution in [1.82, 2.24) is 0 Å². The molecule has 0 aromatic rings. The molecule has 0 aromatic carbocycles. The number of hydrogen-bond donors (Lipinski definition) is 1. The quantitative estimate of drug-likeness (QED) is 0.616. The Balaban J connectivity index is 3.39. The standard InChI is InChI=1S/C8H14O3/c1-6(2)4-5-11-7(3)8(9)10/h7H,1,4-5H2,2-3H3,(H,9,10)/t7-/m1/s1. The van der Waals surface area contributed by atoms with E-state index < -0.39 is 12.1 Å². The molecular formula is C8H14O3. The lowest BCUT2D eigenvalue weighted by molar-refractivity contribution is -0.149. The molecule has 11 heavy (non-hydrogen) atoms. The van der Waals surface area contributed by atoms with Gasteiger partial charge in [0.15, 0.2) is 6.10 Å². The number of carboxylic acid groups (broad SMARTS) is 1. The zero-order chi connectivity index (χ0) is 8.85. The highest BCUT2D eigenvalue weighted by Gasteiger charge is 2.09. The van der Waals surface area contributed by atoms with Gasteiger partial charge in [0, 0.05) is 0 Å². The summed E-state index contributed by atoms with van der Waals surface area (Å²) in [6, 6.07) is 0. The van der Waals surface area contributed by atoms with Gasteiger partial charge in [0.05, 0.1) is 6.61 Å². The maximum absolute atomic E-state index is 10.2. The van der Waals surface area contributed by atoms with Crippen molar-refractivity contribution in [2.75, 3.05) is 6.61 Å². The van der Waals surface area contributed by atoms with Gasteiger partial charge >= 0.3 is 5.97 Å². The van der Waals surface area contributed by atoms with Gasteiger partial charge in [-0.15, -0.1) is 6.58 Å². The van der Waals surface area contributed by atoms with Gasteiger partial charge in [0.1, 0.15) is 0 Å². The smallest absolute Gasteiger partial charge is 0.332 e. The Bertz CT molecular complexity index is 151. The summed E-state index contributed by atoms with van der Waals surface area (Å²) < 4.78 is 4.95. The van der Waals surface area contributed by atoms with Crippen LogP contribution in [0.1, 0.15) is 20.3 Å². The highest BCUT2D eigenvalue weighted by Crippen LogP contribution is 1.98. The zero-order valence-electron chi connectivity index (χ0n) is 6.96. The second-order valence-electron chi connectivity index (χ2n) is 2.56. The van der Waals surface area contributed by atoms with Gasteiger partial charge in [-0.3, -0.25) is 0 Å². The second kappa shape index (κ2) is 4.91. The lowest BCUT2D eigenvalue weighted by atomic mass is 10.2. The summed E-state index contributed by atoms with van der Waals surface area (Å²) in [5, 5.41) is 8.40. The summed E-state index contributed by atoms with van der Waals surface area (Å²) in [5.74, 6) is -0.924. The van der Waals surface area contributed by atoms with E-state index in [1.807, 2.05) is 6.92 Å². The number of hydrogen-bond acceptors (Lipinski definition) is 2. The first kappa shape index (κ1) is 10.2. The van der Waals surface area contributed by atoms with E-state index in [2.05, 4.69) is 6.58 Å².